The summed E-state index contributed by atoms with van der Waals surface area (Å²) in [5.74, 6) is -0.245. The molecule has 2 aromatic carbocycles. The molecule has 1 atom stereocenters. The van der Waals surface area contributed by atoms with E-state index in [0.29, 0.717) is 5.57 Å². The van der Waals surface area contributed by atoms with Gasteiger partial charge in [0.1, 0.15) is 12.3 Å². The summed E-state index contributed by atoms with van der Waals surface area (Å²) in [5.41, 5.74) is 3.37. The van der Waals surface area contributed by atoms with E-state index < -0.39 is 6.04 Å². The molecule has 4 heteroatoms. The minimum atomic E-state index is -0.649. The SMILES string of the molecule is CN1C=C(C(=O)NC(C=O)c2ccccc2)c2ccccc2C1. The molecule has 4 nitrogen and oxygen atoms in total. The van der Waals surface area contributed by atoms with Gasteiger partial charge >= 0.3 is 0 Å². The van der Waals surface area contributed by atoms with Crippen LogP contribution in [0.5, 0.6) is 0 Å². The second kappa shape index (κ2) is 6.48. The quantitative estimate of drug-likeness (QED) is 0.883. The average molecular weight is 306 g/mol. The Balaban J connectivity index is 1.86. The molecule has 0 aromatic heterocycles. The fraction of sp³-hybridized carbons (Fsp3) is 0.158. The molecule has 116 valence electrons. The van der Waals surface area contributed by atoms with E-state index >= 15 is 0 Å². The summed E-state index contributed by atoms with van der Waals surface area (Å²) < 4.78 is 0. The van der Waals surface area contributed by atoms with Crippen LogP contribution < -0.4 is 5.32 Å². The van der Waals surface area contributed by atoms with Crippen molar-refractivity contribution in [2.45, 2.75) is 12.6 Å². The maximum atomic E-state index is 12.7. The van der Waals surface area contributed by atoms with Gasteiger partial charge < -0.3 is 15.0 Å². The molecule has 1 heterocycles. The number of rotatable bonds is 4. The highest BCUT2D eigenvalue weighted by Gasteiger charge is 2.23. The molecule has 0 bridgehead atoms. The molecule has 2 aromatic rings. The van der Waals surface area contributed by atoms with E-state index in [1.165, 1.54) is 0 Å². The van der Waals surface area contributed by atoms with Crippen molar-refractivity contribution in [3.8, 4) is 0 Å². The molecule has 1 N–H and O–H groups in total. The molecule has 0 fully saturated rings. The summed E-state index contributed by atoms with van der Waals surface area (Å²) in [5, 5.41) is 2.81. The lowest BCUT2D eigenvalue weighted by Gasteiger charge is -2.25. The van der Waals surface area contributed by atoms with E-state index in [0.717, 1.165) is 29.5 Å². The van der Waals surface area contributed by atoms with Crippen LogP contribution in [-0.2, 0) is 16.1 Å². The first kappa shape index (κ1) is 15.0. The summed E-state index contributed by atoms with van der Waals surface area (Å²) in [6.45, 7) is 0.767. The lowest BCUT2D eigenvalue weighted by Crippen LogP contribution is -2.32. The smallest absolute Gasteiger partial charge is 0.254 e. The topological polar surface area (TPSA) is 49.4 Å². The van der Waals surface area contributed by atoms with Crippen LogP contribution in [0.15, 0.2) is 60.8 Å². The maximum Gasteiger partial charge on any atom is 0.254 e. The highest BCUT2D eigenvalue weighted by molar-refractivity contribution is 6.20. The fourth-order valence-electron chi connectivity index (χ4n) is 2.78. The first-order valence-electron chi connectivity index (χ1n) is 7.50. The molecular weight excluding hydrogens is 288 g/mol. The van der Waals surface area contributed by atoms with Gasteiger partial charge in [0.05, 0.1) is 5.57 Å². The van der Waals surface area contributed by atoms with E-state index in [-0.39, 0.29) is 5.91 Å². The Kier molecular flexibility index (Phi) is 4.24. The molecule has 0 saturated carbocycles. The van der Waals surface area contributed by atoms with E-state index in [2.05, 4.69) is 5.32 Å². The summed E-state index contributed by atoms with van der Waals surface area (Å²) in [6.07, 6.45) is 2.58. The van der Waals surface area contributed by atoms with Crippen molar-refractivity contribution in [1.82, 2.24) is 10.2 Å². The summed E-state index contributed by atoms with van der Waals surface area (Å²) in [4.78, 5) is 26.0. The highest BCUT2D eigenvalue weighted by Crippen LogP contribution is 2.26. The molecule has 0 radical (unpaired) electrons. The molecule has 0 aliphatic carbocycles. The number of benzene rings is 2. The van der Waals surface area contributed by atoms with Crippen LogP contribution in [0.2, 0.25) is 0 Å². The number of nitrogens with one attached hydrogen (secondary N) is 1. The zero-order valence-corrected chi connectivity index (χ0v) is 12.9. The third-order valence-corrected chi connectivity index (χ3v) is 3.90. The maximum absolute atomic E-state index is 12.7. The molecule has 1 aliphatic rings. The lowest BCUT2D eigenvalue weighted by molar-refractivity contribution is -0.119. The van der Waals surface area contributed by atoms with Gasteiger partial charge in [-0.25, -0.2) is 0 Å². The van der Waals surface area contributed by atoms with Gasteiger partial charge in [0.15, 0.2) is 0 Å². The van der Waals surface area contributed by atoms with Crippen LogP contribution in [0.1, 0.15) is 22.7 Å². The Bertz CT molecular complexity index is 753. The highest BCUT2D eigenvalue weighted by atomic mass is 16.2. The summed E-state index contributed by atoms with van der Waals surface area (Å²) in [7, 11) is 1.93. The van der Waals surface area contributed by atoms with Crippen molar-refractivity contribution in [1.29, 1.82) is 0 Å². The van der Waals surface area contributed by atoms with Crippen LogP contribution in [-0.4, -0.2) is 24.1 Å². The van der Waals surface area contributed by atoms with E-state index in [1.54, 1.807) is 0 Å². The van der Waals surface area contributed by atoms with Crippen molar-refractivity contribution in [3.63, 3.8) is 0 Å². The predicted octanol–water partition coefficient (Wildman–Crippen LogP) is 2.53. The molecule has 1 aliphatic heterocycles. The van der Waals surface area contributed by atoms with Crippen molar-refractivity contribution in [3.05, 3.63) is 77.5 Å². The zero-order valence-electron chi connectivity index (χ0n) is 12.9. The molecule has 23 heavy (non-hydrogen) atoms. The van der Waals surface area contributed by atoms with Crippen LogP contribution in [0.3, 0.4) is 0 Å². The number of hydrogen-bond acceptors (Lipinski definition) is 3. The number of nitrogens with zero attached hydrogens (tertiary/aromatic N) is 1. The Morgan fingerprint density at radius 2 is 1.83 bits per heavy atom. The number of hydrogen-bond donors (Lipinski definition) is 1. The van der Waals surface area contributed by atoms with Crippen molar-refractivity contribution < 1.29 is 9.59 Å². The Hall–Kier alpha value is -2.88. The van der Waals surface area contributed by atoms with Crippen LogP contribution in [0.25, 0.3) is 5.57 Å². The monoisotopic (exact) mass is 306 g/mol. The largest absolute Gasteiger partial charge is 0.375 e. The van der Waals surface area contributed by atoms with E-state index in [1.807, 2.05) is 72.7 Å². The second-order valence-corrected chi connectivity index (χ2v) is 5.61. The van der Waals surface area contributed by atoms with Gasteiger partial charge in [0.2, 0.25) is 0 Å². The third-order valence-electron chi connectivity index (χ3n) is 3.90. The average Bonchev–Trinajstić information content (AvgIpc) is 2.59. The van der Waals surface area contributed by atoms with Gasteiger partial charge in [-0.15, -0.1) is 0 Å². The standard InChI is InChI=1S/C19H18N2O2/c1-21-11-15-9-5-6-10-16(15)17(12-21)19(23)20-18(13-22)14-7-3-2-4-8-14/h2-10,12-13,18H,11H2,1H3,(H,20,23). The minimum absolute atomic E-state index is 0.245. The lowest BCUT2D eigenvalue weighted by atomic mass is 9.96. The summed E-state index contributed by atoms with van der Waals surface area (Å²) >= 11 is 0. The predicted molar refractivity (Wildman–Crippen MR) is 89.3 cm³/mol. The van der Waals surface area contributed by atoms with Gasteiger partial charge in [-0.3, -0.25) is 4.79 Å². The minimum Gasteiger partial charge on any atom is -0.375 e. The second-order valence-electron chi connectivity index (χ2n) is 5.61. The van der Waals surface area contributed by atoms with Crippen LogP contribution in [0, 0.1) is 0 Å². The van der Waals surface area contributed by atoms with E-state index in [4.69, 9.17) is 0 Å². The summed E-state index contributed by atoms with van der Waals surface area (Å²) in [6, 6.07) is 16.4. The third kappa shape index (κ3) is 3.16. The number of fused-ring (bicyclic) bond motifs is 1. The molecule has 0 saturated heterocycles. The van der Waals surface area contributed by atoms with Crippen molar-refractivity contribution >= 4 is 17.8 Å². The molecule has 1 unspecified atom stereocenters. The number of carbonyl (C=O) groups excluding carboxylic acids is 2. The fourth-order valence-corrected chi connectivity index (χ4v) is 2.78. The molecule has 1 amide bonds. The first-order valence-corrected chi connectivity index (χ1v) is 7.50. The normalized spacial score (nSPS) is 14.5. The molecule has 0 spiro atoms. The van der Waals surface area contributed by atoms with Crippen molar-refractivity contribution in [2.24, 2.45) is 0 Å². The van der Waals surface area contributed by atoms with Gasteiger partial charge in [-0.1, -0.05) is 54.6 Å². The number of amides is 1. The first-order chi connectivity index (χ1) is 11.2. The van der Waals surface area contributed by atoms with Gasteiger partial charge in [-0.05, 0) is 16.7 Å². The van der Waals surface area contributed by atoms with Gasteiger partial charge in [0, 0.05) is 19.8 Å². The van der Waals surface area contributed by atoms with Gasteiger partial charge in [-0.2, -0.15) is 0 Å². The van der Waals surface area contributed by atoms with Crippen LogP contribution in [0.4, 0.5) is 0 Å². The Labute approximate surface area is 135 Å². The van der Waals surface area contributed by atoms with Crippen LogP contribution >= 0.6 is 0 Å². The van der Waals surface area contributed by atoms with Crippen molar-refractivity contribution in [2.75, 3.05) is 7.05 Å². The number of aldehydes is 1. The number of carbonyl (C=O) groups is 2. The Morgan fingerprint density at radius 3 is 2.57 bits per heavy atom. The zero-order chi connectivity index (χ0) is 16.2. The van der Waals surface area contributed by atoms with Gasteiger partial charge in [0.25, 0.3) is 5.91 Å². The van der Waals surface area contributed by atoms with E-state index in [9.17, 15) is 9.59 Å². The molecule has 3 rings (SSSR count). The molecular formula is C19H18N2O2. The Morgan fingerprint density at radius 1 is 1.13 bits per heavy atom.